The van der Waals surface area contributed by atoms with Crippen molar-refractivity contribution in [2.75, 3.05) is 32.9 Å². The average Bonchev–Trinajstić information content (AvgIpc) is 2.96. The second-order valence-electron chi connectivity index (χ2n) is 6.33. The van der Waals surface area contributed by atoms with Crippen LogP contribution in [0.5, 0.6) is 5.75 Å². The van der Waals surface area contributed by atoms with E-state index in [1.165, 1.54) is 0 Å². The van der Waals surface area contributed by atoms with Gasteiger partial charge >= 0.3 is 0 Å². The summed E-state index contributed by atoms with van der Waals surface area (Å²) >= 11 is 0. The summed E-state index contributed by atoms with van der Waals surface area (Å²) in [5, 5.41) is 1.06. The standard InChI is InChI=1S/C18H24N2O3/c1-14(2)12-20-7-6-15-16(20)4-3-5-17(15)23-13-18(21)19-8-10-22-11-9-19/h3-7,14H,8-13H2,1-2H3. The normalized spacial score (nSPS) is 15.3. The van der Waals surface area contributed by atoms with E-state index in [0.29, 0.717) is 32.2 Å². The molecule has 0 bridgehead atoms. The Hall–Kier alpha value is -2.01. The Morgan fingerprint density at radius 2 is 2.04 bits per heavy atom. The molecule has 1 aromatic heterocycles. The van der Waals surface area contributed by atoms with Crippen molar-refractivity contribution in [1.29, 1.82) is 0 Å². The first-order valence-electron chi connectivity index (χ1n) is 8.21. The van der Waals surface area contributed by atoms with Crippen LogP contribution in [0.25, 0.3) is 10.9 Å². The number of amides is 1. The Morgan fingerprint density at radius 3 is 2.78 bits per heavy atom. The third-order valence-corrected chi connectivity index (χ3v) is 4.05. The molecule has 1 aliphatic rings. The van der Waals surface area contributed by atoms with Crippen LogP contribution in [0, 0.1) is 5.92 Å². The lowest BCUT2D eigenvalue weighted by Gasteiger charge is -2.26. The Morgan fingerprint density at radius 1 is 1.26 bits per heavy atom. The molecule has 1 aromatic carbocycles. The van der Waals surface area contributed by atoms with Gasteiger partial charge in [-0.3, -0.25) is 4.79 Å². The van der Waals surface area contributed by atoms with Gasteiger partial charge in [0.2, 0.25) is 0 Å². The topological polar surface area (TPSA) is 43.7 Å². The van der Waals surface area contributed by atoms with E-state index in [1.807, 2.05) is 12.1 Å². The number of carbonyl (C=O) groups excluding carboxylic acids is 1. The van der Waals surface area contributed by atoms with E-state index < -0.39 is 0 Å². The number of benzene rings is 1. The van der Waals surface area contributed by atoms with Gasteiger partial charge in [-0.1, -0.05) is 19.9 Å². The summed E-state index contributed by atoms with van der Waals surface area (Å²) in [6.45, 7) is 7.97. The highest BCUT2D eigenvalue weighted by Crippen LogP contribution is 2.27. The van der Waals surface area contributed by atoms with Crippen molar-refractivity contribution < 1.29 is 14.3 Å². The zero-order valence-electron chi connectivity index (χ0n) is 13.8. The van der Waals surface area contributed by atoms with Crippen LogP contribution < -0.4 is 4.74 Å². The minimum Gasteiger partial charge on any atom is -0.483 e. The molecule has 2 heterocycles. The fraction of sp³-hybridized carbons (Fsp3) is 0.500. The fourth-order valence-corrected chi connectivity index (χ4v) is 2.92. The molecular formula is C18H24N2O3. The summed E-state index contributed by atoms with van der Waals surface area (Å²) in [7, 11) is 0. The van der Waals surface area contributed by atoms with E-state index in [1.54, 1.807) is 4.90 Å². The first-order valence-corrected chi connectivity index (χ1v) is 8.21. The first kappa shape index (κ1) is 15.9. The van der Waals surface area contributed by atoms with Crippen molar-refractivity contribution in [2.24, 2.45) is 5.92 Å². The Balaban J connectivity index is 1.70. The molecule has 5 heteroatoms. The van der Waals surface area contributed by atoms with Gasteiger partial charge in [-0.05, 0) is 24.1 Å². The summed E-state index contributed by atoms with van der Waals surface area (Å²) in [4.78, 5) is 14.0. The average molecular weight is 316 g/mol. The van der Waals surface area contributed by atoms with Gasteiger partial charge in [-0.15, -0.1) is 0 Å². The molecule has 124 valence electrons. The number of morpholine rings is 1. The summed E-state index contributed by atoms with van der Waals surface area (Å²) in [6, 6.07) is 8.06. The van der Waals surface area contributed by atoms with Gasteiger partial charge in [0.25, 0.3) is 5.91 Å². The largest absolute Gasteiger partial charge is 0.483 e. The van der Waals surface area contributed by atoms with Crippen molar-refractivity contribution >= 4 is 16.8 Å². The maximum absolute atomic E-state index is 12.2. The molecule has 3 rings (SSSR count). The number of fused-ring (bicyclic) bond motifs is 1. The van der Waals surface area contributed by atoms with Crippen LogP contribution in [0.15, 0.2) is 30.5 Å². The molecule has 1 aliphatic heterocycles. The number of hydrogen-bond acceptors (Lipinski definition) is 3. The van der Waals surface area contributed by atoms with Gasteiger partial charge in [0.1, 0.15) is 5.75 Å². The number of aromatic nitrogens is 1. The fourth-order valence-electron chi connectivity index (χ4n) is 2.92. The van der Waals surface area contributed by atoms with E-state index in [2.05, 4.69) is 36.7 Å². The summed E-state index contributed by atoms with van der Waals surface area (Å²) in [5.74, 6) is 1.37. The molecule has 1 fully saturated rings. The minimum atomic E-state index is 0.0203. The molecule has 0 spiro atoms. The molecule has 0 aliphatic carbocycles. The second-order valence-corrected chi connectivity index (χ2v) is 6.33. The number of rotatable bonds is 5. The van der Waals surface area contributed by atoms with Gasteiger partial charge < -0.3 is 18.9 Å². The van der Waals surface area contributed by atoms with Gasteiger partial charge in [-0.25, -0.2) is 0 Å². The molecule has 0 unspecified atom stereocenters. The maximum atomic E-state index is 12.2. The van der Waals surface area contributed by atoms with E-state index in [-0.39, 0.29) is 12.5 Å². The first-order chi connectivity index (χ1) is 11.1. The van der Waals surface area contributed by atoms with Gasteiger partial charge in [0, 0.05) is 31.2 Å². The predicted octanol–water partition coefficient (Wildman–Crippen LogP) is 2.53. The molecule has 0 saturated carbocycles. The second kappa shape index (κ2) is 7.04. The van der Waals surface area contributed by atoms with Gasteiger partial charge in [-0.2, -0.15) is 0 Å². The minimum absolute atomic E-state index is 0.0203. The highest BCUT2D eigenvalue weighted by atomic mass is 16.5. The lowest BCUT2D eigenvalue weighted by molar-refractivity contribution is -0.137. The van der Waals surface area contributed by atoms with Crippen LogP contribution in [0.1, 0.15) is 13.8 Å². The molecule has 1 saturated heterocycles. The van der Waals surface area contributed by atoms with Crippen LogP contribution in [0.3, 0.4) is 0 Å². The van der Waals surface area contributed by atoms with Crippen molar-refractivity contribution in [1.82, 2.24) is 9.47 Å². The lowest BCUT2D eigenvalue weighted by Crippen LogP contribution is -2.42. The monoisotopic (exact) mass is 316 g/mol. The summed E-state index contributed by atoms with van der Waals surface area (Å²) in [6.07, 6.45) is 2.08. The number of carbonyl (C=O) groups is 1. The molecular weight excluding hydrogens is 292 g/mol. The molecule has 0 radical (unpaired) electrons. The molecule has 2 aromatic rings. The van der Waals surface area contributed by atoms with E-state index >= 15 is 0 Å². The van der Waals surface area contributed by atoms with Gasteiger partial charge in [0.15, 0.2) is 6.61 Å². The molecule has 1 amide bonds. The third kappa shape index (κ3) is 3.67. The van der Waals surface area contributed by atoms with Crippen molar-refractivity contribution in [2.45, 2.75) is 20.4 Å². The zero-order valence-corrected chi connectivity index (χ0v) is 13.8. The third-order valence-electron chi connectivity index (χ3n) is 4.05. The van der Waals surface area contributed by atoms with Crippen LogP contribution >= 0.6 is 0 Å². The maximum Gasteiger partial charge on any atom is 0.260 e. The van der Waals surface area contributed by atoms with Crippen molar-refractivity contribution in [3.8, 4) is 5.75 Å². The lowest BCUT2D eigenvalue weighted by atomic mass is 10.2. The smallest absolute Gasteiger partial charge is 0.260 e. The van der Waals surface area contributed by atoms with Crippen LogP contribution in [-0.4, -0.2) is 48.3 Å². The quantitative estimate of drug-likeness (QED) is 0.851. The van der Waals surface area contributed by atoms with Crippen LogP contribution in [-0.2, 0) is 16.1 Å². The van der Waals surface area contributed by atoms with E-state index in [9.17, 15) is 4.79 Å². The molecule has 5 nitrogen and oxygen atoms in total. The Bertz CT molecular complexity index is 672. The Kier molecular flexibility index (Phi) is 4.86. The molecule has 23 heavy (non-hydrogen) atoms. The number of ether oxygens (including phenoxy) is 2. The molecule has 0 atom stereocenters. The van der Waals surface area contributed by atoms with E-state index in [4.69, 9.17) is 9.47 Å². The van der Waals surface area contributed by atoms with Gasteiger partial charge in [0.05, 0.1) is 18.7 Å². The summed E-state index contributed by atoms with van der Waals surface area (Å²) in [5.41, 5.74) is 1.15. The van der Waals surface area contributed by atoms with Crippen molar-refractivity contribution in [3.63, 3.8) is 0 Å². The van der Waals surface area contributed by atoms with E-state index in [0.717, 1.165) is 23.2 Å². The number of nitrogens with zero attached hydrogens (tertiary/aromatic N) is 2. The van der Waals surface area contributed by atoms with Crippen LogP contribution in [0.2, 0.25) is 0 Å². The molecule has 0 N–H and O–H groups in total. The Labute approximate surface area is 136 Å². The zero-order chi connectivity index (χ0) is 16.2. The predicted molar refractivity (Wildman–Crippen MR) is 89.7 cm³/mol. The highest BCUT2D eigenvalue weighted by Gasteiger charge is 2.17. The van der Waals surface area contributed by atoms with Crippen LogP contribution in [0.4, 0.5) is 0 Å². The highest BCUT2D eigenvalue weighted by molar-refractivity contribution is 5.87. The summed E-state index contributed by atoms with van der Waals surface area (Å²) < 4.78 is 13.3. The van der Waals surface area contributed by atoms with Crippen molar-refractivity contribution in [3.05, 3.63) is 30.5 Å². The number of hydrogen-bond donors (Lipinski definition) is 0. The SMILES string of the molecule is CC(C)Cn1ccc2c(OCC(=O)N3CCOCC3)cccc21.